The molecule has 0 bridgehead atoms. The first kappa shape index (κ1) is 14.3. The van der Waals surface area contributed by atoms with Gasteiger partial charge in [0.25, 0.3) is 0 Å². The number of halogens is 2. The van der Waals surface area contributed by atoms with E-state index in [1.807, 2.05) is 6.07 Å². The third-order valence-electron chi connectivity index (χ3n) is 2.25. The first-order valence-electron chi connectivity index (χ1n) is 5.37. The lowest BCUT2D eigenvalue weighted by molar-refractivity contribution is 0.485. The van der Waals surface area contributed by atoms with Crippen molar-refractivity contribution >= 4 is 32.7 Å². The first-order chi connectivity index (χ1) is 8.94. The summed E-state index contributed by atoms with van der Waals surface area (Å²) in [5, 5.41) is 0. The molecule has 100 valence electrons. The van der Waals surface area contributed by atoms with Crippen LogP contribution >= 0.6 is 22.6 Å². The molecule has 0 heterocycles. The molecule has 3 nitrogen and oxygen atoms in total. The summed E-state index contributed by atoms with van der Waals surface area (Å²) in [6.45, 7) is 0. The predicted octanol–water partition coefficient (Wildman–Crippen LogP) is 3.34. The number of benzene rings is 2. The van der Waals surface area contributed by atoms with Crippen LogP contribution in [0.3, 0.4) is 0 Å². The van der Waals surface area contributed by atoms with E-state index in [0.29, 0.717) is 5.56 Å². The molecule has 0 aliphatic heterocycles. The Labute approximate surface area is 124 Å². The molecule has 6 heteroatoms. The maximum atomic E-state index is 13.0. The fourth-order valence-electron chi connectivity index (χ4n) is 1.53. The van der Waals surface area contributed by atoms with Gasteiger partial charge in [-0.1, -0.05) is 18.2 Å². The van der Waals surface area contributed by atoms with Gasteiger partial charge in [-0.2, -0.15) is 8.42 Å². The average molecular weight is 392 g/mol. The monoisotopic (exact) mass is 392 g/mol. The van der Waals surface area contributed by atoms with Crippen molar-refractivity contribution in [2.75, 3.05) is 0 Å². The fourth-order valence-corrected chi connectivity index (χ4v) is 3.08. The summed E-state index contributed by atoms with van der Waals surface area (Å²) in [4.78, 5) is 0. The van der Waals surface area contributed by atoms with E-state index in [0.717, 1.165) is 3.57 Å². The van der Waals surface area contributed by atoms with Crippen LogP contribution in [-0.4, -0.2) is 8.42 Å². The Morgan fingerprint density at radius 1 is 1.11 bits per heavy atom. The highest BCUT2D eigenvalue weighted by Crippen LogP contribution is 2.18. The largest absolute Gasteiger partial charge is 0.382 e. The Bertz CT molecular complexity index is 632. The molecule has 2 aromatic carbocycles. The van der Waals surface area contributed by atoms with Gasteiger partial charge in [0.1, 0.15) is 17.3 Å². The predicted molar refractivity (Wildman–Crippen MR) is 78.8 cm³/mol. The van der Waals surface area contributed by atoms with Gasteiger partial charge in [0.15, 0.2) is 0 Å². The average Bonchev–Trinajstić information content (AvgIpc) is 2.27. The third kappa shape index (κ3) is 4.46. The van der Waals surface area contributed by atoms with Gasteiger partial charge in [-0.25, -0.2) is 4.39 Å². The maximum absolute atomic E-state index is 13.0. The van der Waals surface area contributed by atoms with Crippen LogP contribution in [0.5, 0.6) is 5.75 Å². The molecule has 0 fully saturated rings. The molecule has 0 atom stereocenters. The molecule has 0 unspecified atom stereocenters. The molecular weight excluding hydrogens is 382 g/mol. The number of hydrogen-bond donors (Lipinski definition) is 0. The second-order valence-corrected chi connectivity index (χ2v) is 6.69. The second kappa shape index (κ2) is 5.87. The minimum Gasteiger partial charge on any atom is -0.382 e. The quantitative estimate of drug-likeness (QED) is 0.592. The normalized spacial score (nSPS) is 11.3. The molecule has 0 radical (unpaired) electrons. The Hall–Kier alpha value is -1.15. The van der Waals surface area contributed by atoms with Crippen molar-refractivity contribution in [3.63, 3.8) is 0 Å². The Balaban J connectivity index is 2.15. The number of rotatable bonds is 4. The van der Waals surface area contributed by atoms with Crippen molar-refractivity contribution in [1.29, 1.82) is 0 Å². The number of hydrogen-bond acceptors (Lipinski definition) is 3. The summed E-state index contributed by atoms with van der Waals surface area (Å²) in [6.07, 6.45) is 0. The SMILES string of the molecule is O=S(=O)(Cc1cccc(F)c1)Oc1cccc(I)c1. The van der Waals surface area contributed by atoms with Gasteiger partial charge in [-0.05, 0) is 58.5 Å². The lowest BCUT2D eigenvalue weighted by Gasteiger charge is -2.07. The van der Waals surface area contributed by atoms with Crippen LogP contribution in [0.2, 0.25) is 0 Å². The molecule has 0 saturated heterocycles. The van der Waals surface area contributed by atoms with Crippen LogP contribution in [0, 0.1) is 9.39 Å². The fraction of sp³-hybridized carbons (Fsp3) is 0.0769. The van der Waals surface area contributed by atoms with Crippen molar-refractivity contribution in [2.45, 2.75) is 5.75 Å². The zero-order valence-electron chi connectivity index (χ0n) is 9.71. The van der Waals surface area contributed by atoms with Gasteiger partial charge in [-0.15, -0.1) is 0 Å². The van der Waals surface area contributed by atoms with E-state index < -0.39 is 15.9 Å². The highest BCUT2D eigenvalue weighted by atomic mass is 127. The molecule has 0 aliphatic carbocycles. The highest BCUT2D eigenvalue weighted by molar-refractivity contribution is 14.1. The van der Waals surface area contributed by atoms with Crippen LogP contribution in [0.15, 0.2) is 48.5 Å². The van der Waals surface area contributed by atoms with E-state index >= 15 is 0 Å². The lowest BCUT2D eigenvalue weighted by atomic mass is 10.2. The third-order valence-corrected chi connectivity index (χ3v) is 4.06. The topological polar surface area (TPSA) is 43.4 Å². The van der Waals surface area contributed by atoms with E-state index in [9.17, 15) is 12.8 Å². The van der Waals surface area contributed by atoms with Crippen molar-refractivity contribution in [2.24, 2.45) is 0 Å². The molecule has 0 spiro atoms. The maximum Gasteiger partial charge on any atom is 0.313 e. The first-order valence-corrected chi connectivity index (χ1v) is 8.02. The van der Waals surface area contributed by atoms with E-state index in [-0.39, 0.29) is 11.5 Å². The van der Waals surface area contributed by atoms with Crippen LogP contribution in [0.4, 0.5) is 4.39 Å². The zero-order valence-corrected chi connectivity index (χ0v) is 12.7. The van der Waals surface area contributed by atoms with Gasteiger partial charge in [-0.3, -0.25) is 0 Å². The molecule has 0 aromatic heterocycles. The second-order valence-electron chi connectivity index (χ2n) is 3.87. The highest BCUT2D eigenvalue weighted by Gasteiger charge is 2.14. The van der Waals surface area contributed by atoms with E-state index in [1.54, 1.807) is 24.3 Å². The van der Waals surface area contributed by atoms with Gasteiger partial charge in [0.05, 0.1) is 0 Å². The zero-order chi connectivity index (χ0) is 13.9. The molecule has 2 aromatic rings. The van der Waals surface area contributed by atoms with Crippen LogP contribution in [0.1, 0.15) is 5.56 Å². The smallest absolute Gasteiger partial charge is 0.313 e. The Kier molecular flexibility index (Phi) is 4.41. The van der Waals surface area contributed by atoms with Gasteiger partial charge in [0.2, 0.25) is 0 Å². The van der Waals surface area contributed by atoms with Crippen molar-refractivity contribution < 1.29 is 17.0 Å². The molecule has 2 rings (SSSR count). The Morgan fingerprint density at radius 2 is 1.84 bits per heavy atom. The standard InChI is InChI=1S/C13H10FIO3S/c14-11-4-1-3-10(7-11)9-19(16,17)18-13-6-2-5-12(15)8-13/h1-8H,9H2. The summed E-state index contributed by atoms with van der Waals surface area (Å²) in [6, 6.07) is 12.1. The van der Waals surface area contributed by atoms with E-state index in [2.05, 4.69) is 22.6 Å². The minimum atomic E-state index is -3.79. The summed E-state index contributed by atoms with van der Waals surface area (Å²) < 4.78 is 42.5. The summed E-state index contributed by atoms with van der Waals surface area (Å²) in [5.74, 6) is -0.582. The molecule has 0 N–H and O–H groups in total. The van der Waals surface area contributed by atoms with E-state index in [1.165, 1.54) is 18.2 Å². The summed E-state index contributed by atoms with van der Waals surface area (Å²) in [5.41, 5.74) is 0.352. The van der Waals surface area contributed by atoms with Crippen LogP contribution in [0.25, 0.3) is 0 Å². The molecule has 0 amide bonds. The molecular formula is C13H10FIO3S. The van der Waals surface area contributed by atoms with Crippen molar-refractivity contribution in [3.05, 3.63) is 63.5 Å². The Morgan fingerprint density at radius 3 is 2.53 bits per heavy atom. The van der Waals surface area contributed by atoms with Gasteiger partial charge in [0, 0.05) is 3.57 Å². The van der Waals surface area contributed by atoms with Gasteiger partial charge < -0.3 is 4.18 Å². The van der Waals surface area contributed by atoms with Crippen molar-refractivity contribution in [1.82, 2.24) is 0 Å². The summed E-state index contributed by atoms with van der Waals surface area (Å²) in [7, 11) is -3.79. The van der Waals surface area contributed by atoms with Crippen LogP contribution in [-0.2, 0) is 15.9 Å². The van der Waals surface area contributed by atoms with Crippen molar-refractivity contribution in [3.8, 4) is 5.75 Å². The molecule has 19 heavy (non-hydrogen) atoms. The lowest BCUT2D eigenvalue weighted by Crippen LogP contribution is -2.12. The van der Waals surface area contributed by atoms with E-state index in [4.69, 9.17) is 4.18 Å². The van der Waals surface area contributed by atoms with Crippen LogP contribution < -0.4 is 4.18 Å². The molecule has 0 aliphatic rings. The van der Waals surface area contributed by atoms with Gasteiger partial charge >= 0.3 is 10.1 Å². The summed E-state index contributed by atoms with van der Waals surface area (Å²) >= 11 is 2.06. The minimum absolute atomic E-state index is 0.253. The molecule has 0 saturated carbocycles.